The second-order valence-corrected chi connectivity index (χ2v) is 4.58. The minimum Gasteiger partial charge on any atom is -0.322 e. The van der Waals surface area contributed by atoms with Crippen LogP contribution in [0.1, 0.15) is 25.0 Å². The molecule has 0 aliphatic carbocycles. The molecule has 17 heavy (non-hydrogen) atoms. The standard InChI is InChI=1S/C14H18N2O/c1-10(2)8-14(17)16-13-5-3-4-11-6-7-15-9-12(11)13/h3-5,8,15H,6-7,9H2,1-2H3,(H,16,17). The van der Waals surface area contributed by atoms with E-state index in [1.165, 1.54) is 11.1 Å². The van der Waals surface area contributed by atoms with E-state index in [2.05, 4.69) is 16.7 Å². The van der Waals surface area contributed by atoms with E-state index in [0.717, 1.165) is 30.8 Å². The van der Waals surface area contributed by atoms with Gasteiger partial charge in [0.25, 0.3) is 0 Å². The summed E-state index contributed by atoms with van der Waals surface area (Å²) in [4.78, 5) is 11.7. The SMILES string of the molecule is CC(C)=CC(=O)Nc1cccc2c1CNCC2. The largest absolute Gasteiger partial charge is 0.322 e. The molecule has 0 fully saturated rings. The van der Waals surface area contributed by atoms with Gasteiger partial charge in [-0.2, -0.15) is 0 Å². The number of carbonyl (C=O) groups excluding carboxylic acids is 1. The molecule has 1 aromatic carbocycles. The number of nitrogens with one attached hydrogen (secondary N) is 2. The Bertz CT molecular complexity index is 459. The Morgan fingerprint density at radius 1 is 1.41 bits per heavy atom. The summed E-state index contributed by atoms with van der Waals surface area (Å²) in [6, 6.07) is 6.09. The summed E-state index contributed by atoms with van der Waals surface area (Å²) in [5, 5.41) is 6.27. The quantitative estimate of drug-likeness (QED) is 0.765. The number of hydrogen-bond donors (Lipinski definition) is 2. The maximum atomic E-state index is 11.7. The van der Waals surface area contributed by atoms with E-state index in [0.29, 0.717) is 0 Å². The van der Waals surface area contributed by atoms with E-state index in [-0.39, 0.29) is 5.91 Å². The van der Waals surface area contributed by atoms with Crippen molar-refractivity contribution in [2.45, 2.75) is 26.8 Å². The van der Waals surface area contributed by atoms with Gasteiger partial charge < -0.3 is 10.6 Å². The van der Waals surface area contributed by atoms with Crippen LogP contribution in [0, 0.1) is 0 Å². The molecule has 90 valence electrons. The molecule has 2 rings (SSSR count). The first kappa shape index (κ1) is 11.9. The molecule has 0 unspecified atom stereocenters. The molecule has 1 amide bonds. The van der Waals surface area contributed by atoms with Gasteiger partial charge in [-0.3, -0.25) is 4.79 Å². The van der Waals surface area contributed by atoms with Gasteiger partial charge >= 0.3 is 0 Å². The fourth-order valence-corrected chi connectivity index (χ4v) is 2.06. The van der Waals surface area contributed by atoms with Crippen molar-refractivity contribution in [1.29, 1.82) is 0 Å². The minimum atomic E-state index is -0.0519. The van der Waals surface area contributed by atoms with Crippen molar-refractivity contribution in [3.8, 4) is 0 Å². The molecule has 0 saturated heterocycles. The normalized spacial score (nSPS) is 13.8. The lowest BCUT2D eigenvalue weighted by Crippen LogP contribution is -2.25. The van der Waals surface area contributed by atoms with Crippen molar-refractivity contribution in [3.63, 3.8) is 0 Å². The smallest absolute Gasteiger partial charge is 0.248 e. The molecule has 0 bridgehead atoms. The second kappa shape index (κ2) is 5.15. The van der Waals surface area contributed by atoms with Gasteiger partial charge in [-0.1, -0.05) is 17.7 Å². The number of rotatable bonds is 2. The van der Waals surface area contributed by atoms with Gasteiger partial charge in [0.05, 0.1) is 0 Å². The molecule has 1 aliphatic heterocycles. The van der Waals surface area contributed by atoms with E-state index in [4.69, 9.17) is 0 Å². The predicted octanol–water partition coefficient (Wildman–Crippen LogP) is 2.24. The van der Waals surface area contributed by atoms with Crippen molar-refractivity contribution >= 4 is 11.6 Å². The molecule has 1 aromatic rings. The van der Waals surface area contributed by atoms with E-state index < -0.39 is 0 Å². The zero-order chi connectivity index (χ0) is 12.3. The Balaban J connectivity index is 2.21. The highest BCUT2D eigenvalue weighted by Gasteiger charge is 2.13. The van der Waals surface area contributed by atoms with Gasteiger partial charge in [0, 0.05) is 18.3 Å². The van der Waals surface area contributed by atoms with Crippen molar-refractivity contribution in [1.82, 2.24) is 5.32 Å². The summed E-state index contributed by atoms with van der Waals surface area (Å²) in [7, 11) is 0. The van der Waals surface area contributed by atoms with Gasteiger partial charge in [0.15, 0.2) is 0 Å². The second-order valence-electron chi connectivity index (χ2n) is 4.58. The third-order valence-corrected chi connectivity index (χ3v) is 2.82. The van der Waals surface area contributed by atoms with Crippen LogP contribution in [0.4, 0.5) is 5.69 Å². The predicted molar refractivity (Wildman–Crippen MR) is 69.9 cm³/mol. The van der Waals surface area contributed by atoms with Crippen LogP contribution in [0.2, 0.25) is 0 Å². The van der Waals surface area contributed by atoms with Crippen LogP contribution in [-0.2, 0) is 17.8 Å². The maximum absolute atomic E-state index is 11.7. The Kier molecular flexibility index (Phi) is 3.59. The average molecular weight is 230 g/mol. The fourth-order valence-electron chi connectivity index (χ4n) is 2.06. The fraction of sp³-hybridized carbons (Fsp3) is 0.357. The highest BCUT2D eigenvalue weighted by molar-refractivity contribution is 6.00. The van der Waals surface area contributed by atoms with Crippen LogP contribution in [0.5, 0.6) is 0 Å². The van der Waals surface area contributed by atoms with Crippen LogP contribution in [-0.4, -0.2) is 12.5 Å². The summed E-state index contributed by atoms with van der Waals surface area (Å²) in [5.41, 5.74) is 4.48. The zero-order valence-corrected chi connectivity index (χ0v) is 10.3. The Morgan fingerprint density at radius 2 is 2.24 bits per heavy atom. The number of hydrogen-bond acceptors (Lipinski definition) is 2. The topological polar surface area (TPSA) is 41.1 Å². The first-order valence-corrected chi connectivity index (χ1v) is 5.94. The highest BCUT2D eigenvalue weighted by Crippen LogP contribution is 2.22. The van der Waals surface area contributed by atoms with Crippen LogP contribution >= 0.6 is 0 Å². The molecule has 2 N–H and O–H groups in total. The highest BCUT2D eigenvalue weighted by atomic mass is 16.1. The lowest BCUT2D eigenvalue weighted by atomic mass is 9.99. The molecule has 0 radical (unpaired) electrons. The lowest BCUT2D eigenvalue weighted by molar-refractivity contribution is -0.111. The Morgan fingerprint density at radius 3 is 3.00 bits per heavy atom. The van der Waals surface area contributed by atoms with Crippen molar-refractivity contribution < 1.29 is 4.79 Å². The van der Waals surface area contributed by atoms with Crippen molar-refractivity contribution in [2.24, 2.45) is 0 Å². The molecule has 0 aromatic heterocycles. The lowest BCUT2D eigenvalue weighted by Gasteiger charge is -2.20. The molecule has 0 saturated carbocycles. The van der Waals surface area contributed by atoms with Crippen molar-refractivity contribution in [2.75, 3.05) is 11.9 Å². The van der Waals surface area contributed by atoms with E-state index in [1.807, 2.05) is 26.0 Å². The summed E-state index contributed by atoms with van der Waals surface area (Å²) in [6.45, 7) is 5.68. The van der Waals surface area contributed by atoms with Gasteiger partial charge in [-0.15, -0.1) is 0 Å². The molecule has 0 atom stereocenters. The molecular weight excluding hydrogens is 212 g/mol. The molecule has 1 heterocycles. The van der Waals surface area contributed by atoms with Gasteiger partial charge in [0.2, 0.25) is 5.91 Å². The van der Waals surface area contributed by atoms with Gasteiger partial charge in [-0.25, -0.2) is 0 Å². The van der Waals surface area contributed by atoms with Crippen LogP contribution in [0.15, 0.2) is 29.8 Å². The first-order valence-electron chi connectivity index (χ1n) is 5.94. The number of carbonyl (C=O) groups is 1. The van der Waals surface area contributed by atoms with Crippen molar-refractivity contribution in [3.05, 3.63) is 41.0 Å². The van der Waals surface area contributed by atoms with E-state index >= 15 is 0 Å². The zero-order valence-electron chi connectivity index (χ0n) is 10.3. The Labute approximate surface area is 102 Å². The maximum Gasteiger partial charge on any atom is 0.248 e. The summed E-state index contributed by atoms with van der Waals surface area (Å²) < 4.78 is 0. The van der Waals surface area contributed by atoms with Gasteiger partial charge in [0.1, 0.15) is 0 Å². The molecular formula is C14H18N2O. The van der Waals surface area contributed by atoms with Crippen LogP contribution in [0.3, 0.4) is 0 Å². The number of allylic oxidation sites excluding steroid dienone is 1. The minimum absolute atomic E-state index is 0.0519. The third kappa shape index (κ3) is 2.94. The average Bonchev–Trinajstić information content (AvgIpc) is 2.28. The monoisotopic (exact) mass is 230 g/mol. The number of anilines is 1. The van der Waals surface area contributed by atoms with Crippen LogP contribution in [0.25, 0.3) is 0 Å². The molecule has 3 nitrogen and oxygen atoms in total. The van der Waals surface area contributed by atoms with E-state index in [1.54, 1.807) is 6.08 Å². The summed E-state index contributed by atoms with van der Waals surface area (Å²) in [6.07, 6.45) is 2.65. The summed E-state index contributed by atoms with van der Waals surface area (Å²) >= 11 is 0. The number of benzene rings is 1. The number of fused-ring (bicyclic) bond motifs is 1. The molecule has 0 spiro atoms. The third-order valence-electron chi connectivity index (χ3n) is 2.82. The first-order chi connectivity index (χ1) is 8.16. The van der Waals surface area contributed by atoms with E-state index in [9.17, 15) is 4.79 Å². The molecule has 1 aliphatic rings. The Hall–Kier alpha value is -1.61. The van der Waals surface area contributed by atoms with Crippen LogP contribution < -0.4 is 10.6 Å². The summed E-state index contributed by atoms with van der Waals surface area (Å²) in [5.74, 6) is -0.0519. The molecule has 3 heteroatoms. The number of amides is 1. The van der Waals surface area contributed by atoms with Gasteiger partial charge in [-0.05, 0) is 44.0 Å².